The highest BCUT2D eigenvalue weighted by atomic mass is 79.9. The van der Waals surface area contributed by atoms with Crippen LogP contribution in [0, 0.1) is 0 Å². The van der Waals surface area contributed by atoms with Gasteiger partial charge >= 0.3 is 0 Å². The zero-order valence-corrected chi connectivity index (χ0v) is 13.5. The van der Waals surface area contributed by atoms with Crippen LogP contribution in [0.2, 0.25) is 0 Å². The minimum absolute atomic E-state index is 0.0444. The summed E-state index contributed by atoms with van der Waals surface area (Å²) in [6, 6.07) is 8.08. The molecule has 5 nitrogen and oxygen atoms in total. The molecule has 1 aliphatic heterocycles. The topological polar surface area (TPSA) is 65.1 Å². The molecule has 21 heavy (non-hydrogen) atoms. The van der Waals surface area contributed by atoms with Gasteiger partial charge in [0.1, 0.15) is 5.75 Å². The number of hydrazine groups is 1. The Morgan fingerprint density at radius 2 is 2.33 bits per heavy atom. The predicted octanol–water partition coefficient (Wildman–Crippen LogP) is 2.74. The number of hydrogen-bond acceptors (Lipinski definition) is 4. The predicted molar refractivity (Wildman–Crippen MR) is 85.0 cm³/mol. The van der Waals surface area contributed by atoms with Gasteiger partial charge in [0.25, 0.3) is 0 Å². The lowest BCUT2D eigenvalue weighted by atomic mass is 9.91. The van der Waals surface area contributed by atoms with Crippen molar-refractivity contribution < 1.29 is 4.74 Å². The molecular formula is C15H19BrN4O. The first-order valence-corrected chi connectivity index (χ1v) is 7.94. The van der Waals surface area contributed by atoms with Crippen molar-refractivity contribution >= 4 is 15.9 Å². The highest BCUT2D eigenvalue weighted by molar-refractivity contribution is 9.10. The fourth-order valence-electron chi connectivity index (χ4n) is 2.92. The van der Waals surface area contributed by atoms with Gasteiger partial charge in [0.2, 0.25) is 0 Å². The third-order valence-corrected chi connectivity index (χ3v) is 4.49. The Bertz CT molecular complexity index is 628. The van der Waals surface area contributed by atoms with E-state index in [-0.39, 0.29) is 12.0 Å². The number of ether oxygens (including phenoxy) is 1. The Morgan fingerprint density at radius 1 is 1.52 bits per heavy atom. The van der Waals surface area contributed by atoms with E-state index in [1.165, 1.54) is 5.56 Å². The molecule has 2 unspecified atom stereocenters. The summed E-state index contributed by atoms with van der Waals surface area (Å²) < 4.78 is 8.78. The highest BCUT2D eigenvalue weighted by Crippen LogP contribution is 2.42. The van der Waals surface area contributed by atoms with Gasteiger partial charge in [0.15, 0.2) is 0 Å². The second kappa shape index (κ2) is 6.17. The molecule has 0 radical (unpaired) electrons. The van der Waals surface area contributed by atoms with Gasteiger partial charge in [0.05, 0.1) is 29.0 Å². The number of nitrogens with one attached hydrogen (secondary N) is 1. The molecule has 0 saturated carbocycles. The van der Waals surface area contributed by atoms with E-state index in [9.17, 15) is 0 Å². The second-order valence-corrected chi connectivity index (χ2v) is 6.05. The number of benzene rings is 1. The van der Waals surface area contributed by atoms with Gasteiger partial charge in [-0.25, -0.2) is 0 Å². The number of nitrogens with two attached hydrogens (primary N) is 1. The van der Waals surface area contributed by atoms with Gasteiger partial charge in [-0.3, -0.25) is 16.0 Å². The van der Waals surface area contributed by atoms with Crippen LogP contribution in [-0.4, -0.2) is 16.4 Å². The van der Waals surface area contributed by atoms with Crippen molar-refractivity contribution in [3.63, 3.8) is 0 Å². The van der Waals surface area contributed by atoms with E-state index < -0.39 is 0 Å². The summed E-state index contributed by atoms with van der Waals surface area (Å²) in [7, 11) is 0. The number of aromatic nitrogens is 2. The maximum atomic E-state index is 5.87. The van der Waals surface area contributed by atoms with Crippen molar-refractivity contribution in [2.24, 2.45) is 5.84 Å². The van der Waals surface area contributed by atoms with Gasteiger partial charge < -0.3 is 4.74 Å². The van der Waals surface area contributed by atoms with Crippen LogP contribution in [0.5, 0.6) is 5.75 Å². The highest BCUT2D eigenvalue weighted by Gasteiger charge is 2.34. The molecule has 0 bridgehead atoms. The Labute approximate surface area is 132 Å². The van der Waals surface area contributed by atoms with Crippen molar-refractivity contribution in [3.8, 4) is 5.75 Å². The van der Waals surface area contributed by atoms with Gasteiger partial charge in [-0.2, -0.15) is 5.10 Å². The number of para-hydroxylation sites is 1. The fourth-order valence-corrected chi connectivity index (χ4v) is 3.46. The zero-order chi connectivity index (χ0) is 14.8. The summed E-state index contributed by atoms with van der Waals surface area (Å²) in [5.41, 5.74) is 5.22. The average molecular weight is 351 g/mol. The summed E-state index contributed by atoms with van der Waals surface area (Å²) in [6.07, 6.45) is 2.85. The molecule has 6 heteroatoms. The average Bonchev–Trinajstić information content (AvgIpc) is 3.07. The lowest BCUT2D eigenvalue weighted by molar-refractivity contribution is 0.294. The summed E-state index contributed by atoms with van der Waals surface area (Å²) in [5.74, 6) is 6.99. The molecule has 0 amide bonds. The van der Waals surface area contributed by atoms with Crippen LogP contribution < -0.4 is 16.0 Å². The minimum Gasteiger partial charge on any atom is -0.493 e. The number of fused-ring (bicyclic) bond motifs is 1. The van der Waals surface area contributed by atoms with Crippen LogP contribution >= 0.6 is 15.9 Å². The van der Waals surface area contributed by atoms with Crippen molar-refractivity contribution in [2.75, 3.05) is 6.61 Å². The first-order valence-electron chi connectivity index (χ1n) is 7.15. The van der Waals surface area contributed by atoms with E-state index in [0.717, 1.165) is 28.9 Å². The van der Waals surface area contributed by atoms with Crippen LogP contribution in [0.1, 0.15) is 36.6 Å². The molecule has 0 fully saturated rings. The molecule has 2 atom stereocenters. The lowest BCUT2D eigenvalue weighted by Crippen LogP contribution is -2.35. The van der Waals surface area contributed by atoms with E-state index in [2.05, 4.69) is 39.4 Å². The van der Waals surface area contributed by atoms with Crippen molar-refractivity contribution in [1.82, 2.24) is 15.2 Å². The third kappa shape index (κ3) is 2.59. The minimum atomic E-state index is -0.0444. The molecule has 1 aromatic carbocycles. The maximum Gasteiger partial charge on any atom is 0.122 e. The van der Waals surface area contributed by atoms with E-state index in [4.69, 9.17) is 10.6 Å². The van der Waals surface area contributed by atoms with E-state index in [0.29, 0.717) is 6.61 Å². The van der Waals surface area contributed by atoms with Crippen LogP contribution in [0.3, 0.4) is 0 Å². The largest absolute Gasteiger partial charge is 0.493 e. The number of rotatable bonds is 5. The van der Waals surface area contributed by atoms with E-state index >= 15 is 0 Å². The number of aryl methyl sites for hydroxylation is 1. The smallest absolute Gasteiger partial charge is 0.122 e. The summed E-state index contributed by atoms with van der Waals surface area (Å²) in [6.45, 7) is 3.63. The van der Waals surface area contributed by atoms with Crippen molar-refractivity contribution in [2.45, 2.75) is 31.8 Å². The Hall–Kier alpha value is -1.37. The first-order chi connectivity index (χ1) is 10.3. The standard InChI is InChI=1S/C15H19BrN4O/c1-2-7-20-15(12(16)8-18-20)14(19-17)11-9-21-13-6-4-3-5-10(11)13/h3-6,8,11,14,19H,2,7,9,17H2,1H3. The monoisotopic (exact) mass is 350 g/mol. The lowest BCUT2D eigenvalue weighted by Gasteiger charge is -2.23. The number of halogens is 1. The normalized spacial score (nSPS) is 18.3. The molecule has 3 N–H and O–H groups in total. The first kappa shape index (κ1) is 14.6. The molecule has 0 aliphatic carbocycles. The summed E-state index contributed by atoms with van der Waals surface area (Å²) in [5, 5.41) is 4.44. The molecule has 1 aliphatic rings. The molecule has 3 rings (SSSR count). The molecule has 2 heterocycles. The summed E-state index contributed by atoms with van der Waals surface area (Å²) in [4.78, 5) is 0. The summed E-state index contributed by atoms with van der Waals surface area (Å²) >= 11 is 3.60. The maximum absolute atomic E-state index is 5.87. The van der Waals surface area contributed by atoms with Crippen LogP contribution in [0.15, 0.2) is 34.9 Å². The van der Waals surface area contributed by atoms with Crippen LogP contribution in [-0.2, 0) is 6.54 Å². The van der Waals surface area contributed by atoms with Crippen LogP contribution in [0.25, 0.3) is 0 Å². The van der Waals surface area contributed by atoms with E-state index in [1.807, 2.05) is 29.1 Å². The Morgan fingerprint density at radius 3 is 3.10 bits per heavy atom. The molecule has 1 aromatic heterocycles. The Kier molecular flexibility index (Phi) is 4.28. The number of nitrogens with zero attached hydrogens (tertiary/aromatic N) is 2. The molecule has 0 spiro atoms. The van der Waals surface area contributed by atoms with Crippen LogP contribution in [0.4, 0.5) is 0 Å². The van der Waals surface area contributed by atoms with Gasteiger partial charge in [0, 0.05) is 18.0 Å². The molecule has 2 aromatic rings. The Balaban J connectivity index is 1.99. The third-order valence-electron chi connectivity index (χ3n) is 3.88. The fraction of sp³-hybridized carbons (Fsp3) is 0.400. The zero-order valence-electron chi connectivity index (χ0n) is 11.9. The van der Waals surface area contributed by atoms with E-state index in [1.54, 1.807) is 0 Å². The molecular weight excluding hydrogens is 332 g/mol. The second-order valence-electron chi connectivity index (χ2n) is 5.20. The van der Waals surface area contributed by atoms with Gasteiger partial charge in [-0.05, 0) is 28.4 Å². The van der Waals surface area contributed by atoms with Crippen molar-refractivity contribution in [3.05, 3.63) is 46.2 Å². The SMILES string of the molecule is CCCn1ncc(Br)c1C(NN)C1COc2ccccc21. The number of hydrogen-bond donors (Lipinski definition) is 2. The molecule has 112 valence electrons. The van der Waals surface area contributed by atoms with Gasteiger partial charge in [-0.1, -0.05) is 25.1 Å². The molecule has 0 saturated heterocycles. The quantitative estimate of drug-likeness (QED) is 0.642. The van der Waals surface area contributed by atoms with Gasteiger partial charge in [-0.15, -0.1) is 0 Å². The van der Waals surface area contributed by atoms with Crippen molar-refractivity contribution in [1.29, 1.82) is 0 Å².